The molecule has 2 N–H and O–H groups in total. The first-order chi connectivity index (χ1) is 8.02. The first-order valence-corrected chi connectivity index (χ1v) is 5.17. The van der Waals surface area contributed by atoms with Gasteiger partial charge in [-0.05, 0) is 12.1 Å². The van der Waals surface area contributed by atoms with Gasteiger partial charge >= 0.3 is 0 Å². The fourth-order valence-electron chi connectivity index (χ4n) is 1.43. The summed E-state index contributed by atoms with van der Waals surface area (Å²) in [6.45, 7) is 0. The van der Waals surface area contributed by atoms with Crippen LogP contribution in [0.1, 0.15) is 0 Å². The number of para-hydroxylation sites is 2. The number of amides is 2. The molecular formula is C11H9ClN2O3. The molecule has 2 amide bonds. The molecule has 1 aliphatic rings. The second-order valence-corrected chi connectivity index (χ2v) is 3.88. The summed E-state index contributed by atoms with van der Waals surface area (Å²) in [6.07, 6.45) is 0. The first-order valence-electron chi connectivity index (χ1n) is 4.79. The van der Waals surface area contributed by atoms with Crippen LogP contribution in [0.5, 0.6) is 5.75 Å². The number of rotatable bonds is 2. The average molecular weight is 253 g/mol. The van der Waals surface area contributed by atoms with Gasteiger partial charge in [-0.15, -0.1) is 0 Å². The maximum absolute atomic E-state index is 11.7. The van der Waals surface area contributed by atoms with Crippen molar-refractivity contribution in [2.24, 2.45) is 0 Å². The van der Waals surface area contributed by atoms with Crippen molar-refractivity contribution in [2.75, 3.05) is 12.4 Å². The molecule has 1 aromatic rings. The van der Waals surface area contributed by atoms with E-state index in [9.17, 15) is 14.7 Å². The summed E-state index contributed by atoms with van der Waals surface area (Å²) in [6, 6.07) is 6.36. The van der Waals surface area contributed by atoms with Crippen LogP contribution in [0.4, 0.5) is 5.69 Å². The molecule has 5 nitrogen and oxygen atoms in total. The van der Waals surface area contributed by atoms with E-state index in [0.29, 0.717) is 5.69 Å². The van der Waals surface area contributed by atoms with E-state index in [0.717, 1.165) is 4.90 Å². The van der Waals surface area contributed by atoms with Gasteiger partial charge in [-0.2, -0.15) is 0 Å². The number of aromatic hydroxyl groups is 1. The summed E-state index contributed by atoms with van der Waals surface area (Å²) in [7, 11) is 1.34. The Morgan fingerprint density at radius 2 is 1.88 bits per heavy atom. The summed E-state index contributed by atoms with van der Waals surface area (Å²) in [5.74, 6) is -1.11. The van der Waals surface area contributed by atoms with Crippen LogP contribution in [0, 0.1) is 0 Å². The van der Waals surface area contributed by atoms with Crippen molar-refractivity contribution >= 4 is 29.1 Å². The number of carbonyl (C=O) groups excluding carboxylic acids is 2. The zero-order chi connectivity index (χ0) is 12.6. The third kappa shape index (κ3) is 1.85. The highest BCUT2D eigenvalue weighted by Gasteiger charge is 2.35. The molecule has 17 heavy (non-hydrogen) atoms. The zero-order valence-corrected chi connectivity index (χ0v) is 9.65. The predicted octanol–water partition coefficient (Wildman–Crippen LogP) is 1.25. The molecule has 1 aromatic carbocycles. The Morgan fingerprint density at radius 3 is 2.41 bits per heavy atom. The summed E-state index contributed by atoms with van der Waals surface area (Å²) in [4.78, 5) is 24.0. The Balaban J connectivity index is 2.35. The van der Waals surface area contributed by atoms with Gasteiger partial charge in [0.05, 0.1) is 5.69 Å². The Labute approximate surface area is 102 Å². The van der Waals surface area contributed by atoms with Gasteiger partial charge in [0.2, 0.25) is 0 Å². The maximum Gasteiger partial charge on any atom is 0.278 e. The molecular weight excluding hydrogens is 244 g/mol. The molecule has 0 bridgehead atoms. The minimum Gasteiger partial charge on any atom is -0.506 e. The molecule has 1 aliphatic heterocycles. The molecule has 0 saturated heterocycles. The van der Waals surface area contributed by atoms with Gasteiger partial charge in [-0.3, -0.25) is 14.5 Å². The summed E-state index contributed by atoms with van der Waals surface area (Å²) in [5.41, 5.74) is 0.290. The number of hydrogen-bond donors (Lipinski definition) is 2. The SMILES string of the molecule is CN1C(=O)C(Cl)=C(Nc2ccccc2O)C1=O. The lowest BCUT2D eigenvalue weighted by Gasteiger charge is -2.09. The summed E-state index contributed by atoms with van der Waals surface area (Å²) < 4.78 is 0. The van der Waals surface area contributed by atoms with Crippen molar-refractivity contribution in [1.29, 1.82) is 0 Å². The number of hydrogen-bond acceptors (Lipinski definition) is 4. The topological polar surface area (TPSA) is 69.6 Å². The van der Waals surface area contributed by atoms with Gasteiger partial charge in [0.25, 0.3) is 11.8 Å². The van der Waals surface area contributed by atoms with E-state index in [-0.39, 0.29) is 16.5 Å². The normalized spacial score (nSPS) is 15.8. The molecule has 0 fully saturated rings. The van der Waals surface area contributed by atoms with E-state index in [4.69, 9.17) is 11.6 Å². The number of halogens is 1. The standard InChI is InChI=1S/C11H9ClN2O3/c1-14-10(16)8(12)9(11(14)17)13-6-4-2-3-5-7(6)15/h2-5,13,15H,1H3. The van der Waals surface area contributed by atoms with E-state index in [2.05, 4.69) is 5.32 Å². The van der Waals surface area contributed by atoms with Crippen molar-refractivity contribution in [1.82, 2.24) is 4.90 Å². The zero-order valence-electron chi connectivity index (χ0n) is 8.90. The van der Waals surface area contributed by atoms with Crippen molar-refractivity contribution in [2.45, 2.75) is 0 Å². The first kappa shape index (κ1) is 11.5. The number of benzene rings is 1. The Bertz CT molecular complexity index is 539. The molecule has 0 radical (unpaired) electrons. The number of likely N-dealkylation sites (N-methyl/N-ethyl adjacent to an activating group) is 1. The summed E-state index contributed by atoms with van der Waals surface area (Å²) in [5, 5.41) is 12.0. The van der Waals surface area contributed by atoms with Crippen LogP contribution in [0.15, 0.2) is 35.0 Å². The van der Waals surface area contributed by atoms with Crippen LogP contribution in [-0.4, -0.2) is 28.9 Å². The molecule has 0 atom stereocenters. The Hall–Kier alpha value is -2.01. The summed E-state index contributed by atoms with van der Waals surface area (Å²) >= 11 is 5.74. The third-order valence-corrected chi connectivity index (χ3v) is 2.74. The third-order valence-electron chi connectivity index (χ3n) is 2.39. The number of nitrogens with zero attached hydrogens (tertiary/aromatic N) is 1. The van der Waals surface area contributed by atoms with Crippen LogP contribution in [0.3, 0.4) is 0 Å². The molecule has 0 aliphatic carbocycles. The smallest absolute Gasteiger partial charge is 0.278 e. The predicted molar refractivity (Wildman–Crippen MR) is 62.4 cm³/mol. The number of phenolic OH excluding ortho intramolecular Hbond substituents is 1. The Morgan fingerprint density at radius 1 is 1.24 bits per heavy atom. The monoisotopic (exact) mass is 252 g/mol. The van der Waals surface area contributed by atoms with Gasteiger partial charge in [-0.25, -0.2) is 0 Å². The van der Waals surface area contributed by atoms with Crippen molar-refractivity contribution in [3.05, 3.63) is 35.0 Å². The lowest BCUT2D eigenvalue weighted by molar-refractivity contribution is -0.135. The second kappa shape index (κ2) is 4.10. The average Bonchev–Trinajstić information content (AvgIpc) is 2.50. The van der Waals surface area contributed by atoms with Crippen molar-refractivity contribution in [3.8, 4) is 5.75 Å². The van der Waals surface area contributed by atoms with Gasteiger partial charge in [0.15, 0.2) is 0 Å². The van der Waals surface area contributed by atoms with E-state index in [1.54, 1.807) is 18.2 Å². The van der Waals surface area contributed by atoms with Gasteiger partial charge in [0.1, 0.15) is 16.5 Å². The van der Waals surface area contributed by atoms with Gasteiger partial charge in [0, 0.05) is 7.05 Å². The van der Waals surface area contributed by atoms with Crippen molar-refractivity contribution < 1.29 is 14.7 Å². The molecule has 88 valence electrons. The van der Waals surface area contributed by atoms with Crippen LogP contribution < -0.4 is 5.32 Å². The fraction of sp³-hybridized carbons (Fsp3) is 0.0909. The number of anilines is 1. The quantitative estimate of drug-likeness (QED) is 0.614. The van der Waals surface area contributed by atoms with E-state index in [1.807, 2.05) is 0 Å². The molecule has 1 heterocycles. The number of imide groups is 1. The minimum absolute atomic E-state index is 0.0272. The molecule has 2 rings (SSSR count). The lowest BCUT2D eigenvalue weighted by Crippen LogP contribution is -2.27. The molecule has 0 aromatic heterocycles. The van der Waals surface area contributed by atoms with E-state index < -0.39 is 11.8 Å². The number of nitrogens with one attached hydrogen (secondary N) is 1. The molecule has 0 spiro atoms. The molecule has 0 unspecified atom stereocenters. The van der Waals surface area contributed by atoms with E-state index in [1.165, 1.54) is 13.1 Å². The van der Waals surface area contributed by atoms with Crippen LogP contribution in [-0.2, 0) is 9.59 Å². The van der Waals surface area contributed by atoms with Gasteiger partial charge < -0.3 is 10.4 Å². The molecule has 6 heteroatoms. The van der Waals surface area contributed by atoms with Crippen LogP contribution in [0.2, 0.25) is 0 Å². The van der Waals surface area contributed by atoms with Crippen LogP contribution in [0.25, 0.3) is 0 Å². The van der Waals surface area contributed by atoms with E-state index >= 15 is 0 Å². The van der Waals surface area contributed by atoms with Crippen molar-refractivity contribution in [3.63, 3.8) is 0 Å². The highest BCUT2D eigenvalue weighted by molar-refractivity contribution is 6.48. The second-order valence-electron chi connectivity index (χ2n) is 3.50. The largest absolute Gasteiger partial charge is 0.506 e. The highest BCUT2D eigenvalue weighted by atomic mass is 35.5. The maximum atomic E-state index is 11.7. The Kier molecular flexibility index (Phi) is 2.77. The minimum atomic E-state index is -0.561. The lowest BCUT2D eigenvalue weighted by atomic mass is 10.3. The molecule has 0 saturated carbocycles. The fourth-order valence-corrected chi connectivity index (χ4v) is 1.69. The number of phenols is 1. The van der Waals surface area contributed by atoms with Gasteiger partial charge in [-0.1, -0.05) is 23.7 Å². The van der Waals surface area contributed by atoms with Crippen LogP contribution >= 0.6 is 11.6 Å². The highest BCUT2D eigenvalue weighted by Crippen LogP contribution is 2.28. The number of carbonyl (C=O) groups is 2.